The SMILES string of the molecule is CN=C(NCC1CCCO1)NC1CCc2nc(COC)nn2C1. The van der Waals surface area contributed by atoms with Crippen LogP contribution in [0.15, 0.2) is 4.99 Å². The average Bonchev–Trinajstić information content (AvgIpc) is 3.20. The lowest BCUT2D eigenvalue weighted by atomic mass is 10.1. The van der Waals surface area contributed by atoms with Crippen LogP contribution in [0.2, 0.25) is 0 Å². The van der Waals surface area contributed by atoms with E-state index in [0.29, 0.717) is 18.8 Å². The summed E-state index contributed by atoms with van der Waals surface area (Å²) in [5.74, 6) is 2.62. The van der Waals surface area contributed by atoms with E-state index in [1.807, 2.05) is 4.68 Å². The lowest BCUT2D eigenvalue weighted by Gasteiger charge is -2.25. The summed E-state index contributed by atoms with van der Waals surface area (Å²) in [5, 5.41) is 11.3. The van der Waals surface area contributed by atoms with Gasteiger partial charge in [0.05, 0.1) is 12.6 Å². The first kappa shape index (κ1) is 16.2. The van der Waals surface area contributed by atoms with Gasteiger partial charge in [0.2, 0.25) is 0 Å². The Balaban J connectivity index is 1.50. The van der Waals surface area contributed by atoms with Crippen LogP contribution in [-0.4, -0.2) is 60.2 Å². The second kappa shape index (κ2) is 7.74. The van der Waals surface area contributed by atoms with Gasteiger partial charge in [0.25, 0.3) is 0 Å². The van der Waals surface area contributed by atoms with Crippen LogP contribution in [0.1, 0.15) is 30.9 Å². The van der Waals surface area contributed by atoms with E-state index < -0.39 is 0 Å². The molecule has 0 spiro atoms. The Morgan fingerprint density at radius 2 is 2.39 bits per heavy atom. The third kappa shape index (κ3) is 4.20. The lowest BCUT2D eigenvalue weighted by molar-refractivity contribution is 0.113. The molecule has 3 rings (SSSR count). The van der Waals surface area contributed by atoms with Gasteiger partial charge in [-0.2, -0.15) is 5.10 Å². The number of aromatic nitrogens is 3. The quantitative estimate of drug-likeness (QED) is 0.590. The topological polar surface area (TPSA) is 85.6 Å². The van der Waals surface area contributed by atoms with E-state index in [-0.39, 0.29) is 0 Å². The summed E-state index contributed by atoms with van der Waals surface area (Å²) < 4.78 is 12.7. The summed E-state index contributed by atoms with van der Waals surface area (Å²) in [7, 11) is 3.46. The van der Waals surface area contributed by atoms with E-state index in [2.05, 4.69) is 25.7 Å². The average molecular weight is 322 g/mol. The number of fused-ring (bicyclic) bond motifs is 1. The van der Waals surface area contributed by atoms with Crippen LogP contribution in [0.3, 0.4) is 0 Å². The molecule has 2 atom stereocenters. The summed E-state index contributed by atoms with van der Waals surface area (Å²) in [6, 6.07) is 0.301. The molecule has 0 saturated carbocycles. The second-order valence-corrected chi connectivity index (χ2v) is 6.03. The van der Waals surface area contributed by atoms with Crippen molar-refractivity contribution in [3.8, 4) is 0 Å². The number of guanidine groups is 1. The standard InChI is InChI=1S/C15H26N6O2/c1-16-15(17-8-12-4-3-7-23-12)18-11-5-6-14-19-13(10-22-2)20-21(14)9-11/h11-12H,3-10H2,1-2H3,(H2,16,17,18). The molecule has 2 aliphatic heterocycles. The molecule has 1 fully saturated rings. The minimum absolute atomic E-state index is 0.301. The van der Waals surface area contributed by atoms with Crippen molar-refractivity contribution in [3.63, 3.8) is 0 Å². The van der Waals surface area contributed by atoms with E-state index >= 15 is 0 Å². The predicted molar refractivity (Wildman–Crippen MR) is 86.3 cm³/mol. The van der Waals surface area contributed by atoms with Crippen molar-refractivity contribution in [2.45, 2.75) is 51.0 Å². The molecule has 23 heavy (non-hydrogen) atoms. The zero-order valence-corrected chi connectivity index (χ0v) is 13.9. The third-order valence-corrected chi connectivity index (χ3v) is 4.26. The lowest BCUT2D eigenvalue weighted by Crippen LogP contribution is -2.48. The molecule has 1 aromatic heterocycles. The van der Waals surface area contributed by atoms with Crippen molar-refractivity contribution in [2.24, 2.45) is 4.99 Å². The number of nitrogens with one attached hydrogen (secondary N) is 2. The fourth-order valence-electron chi connectivity index (χ4n) is 3.07. The molecule has 0 aliphatic carbocycles. The molecule has 1 aromatic rings. The largest absolute Gasteiger partial charge is 0.377 e. The van der Waals surface area contributed by atoms with Gasteiger partial charge >= 0.3 is 0 Å². The first-order chi connectivity index (χ1) is 11.3. The Bertz CT molecular complexity index is 538. The summed E-state index contributed by atoms with van der Waals surface area (Å²) >= 11 is 0. The Morgan fingerprint density at radius 3 is 3.13 bits per heavy atom. The van der Waals surface area contributed by atoms with Crippen LogP contribution in [0.4, 0.5) is 0 Å². The predicted octanol–water partition coefficient (Wildman–Crippen LogP) is 0.0833. The molecule has 0 aromatic carbocycles. The number of aliphatic imine (C=N–C) groups is 1. The Hall–Kier alpha value is -1.67. The molecule has 2 unspecified atom stereocenters. The van der Waals surface area contributed by atoms with Crippen LogP contribution in [0, 0.1) is 0 Å². The highest BCUT2D eigenvalue weighted by molar-refractivity contribution is 5.80. The van der Waals surface area contributed by atoms with Gasteiger partial charge in [0.1, 0.15) is 12.4 Å². The van der Waals surface area contributed by atoms with Crippen molar-refractivity contribution in [1.82, 2.24) is 25.4 Å². The van der Waals surface area contributed by atoms with Crippen LogP contribution in [0.25, 0.3) is 0 Å². The highest BCUT2D eigenvalue weighted by Crippen LogP contribution is 2.14. The molecule has 3 heterocycles. The second-order valence-electron chi connectivity index (χ2n) is 6.03. The molecule has 2 aliphatic rings. The van der Waals surface area contributed by atoms with Crippen LogP contribution >= 0.6 is 0 Å². The van der Waals surface area contributed by atoms with Crippen LogP contribution < -0.4 is 10.6 Å². The summed E-state index contributed by atoms with van der Waals surface area (Å²) in [6.45, 7) is 2.94. The van der Waals surface area contributed by atoms with E-state index in [0.717, 1.165) is 63.0 Å². The number of hydrogen-bond acceptors (Lipinski definition) is 5. The highest BCUT2D eigenvalue weighted by atomic mass is 16.5. The minimum atomic E-state index is 0.301. The summed E-state index contributed by atoms with van der Waals surface area (Å²) in [5.41, 5.74) is 0. The van der Waals surface area contributed by atoms with Crippen molar-refractivity contribution >= 4 is 5.96 Å². The Morgan fingerprint density at radius 1 is 1.48 bits per heavy atom. The van der Waals surface area contributed by atoms with Gasteiger partial charge in [-0.1, -0.05) is 0 Å². The van der Waals surface area contributed by atoms with Crippen molar-refractivity contribution in [1.29, 1.82) is 0 Å². The molecule has 0 radical (unpaired) electrons. The van der Waals surface area contributed by atoms with Crippen molar-refractivity contribution < 1.29 is 9.47 Å². The molecule has 8 heteroatoms. The van der Waals surface area contributed by atoms with Gasteiger partial charge in [0, 0.05) is 39.8 Å². The maximum Gasteiger partial charge on any atom is 0.191 e. The molecule has 1 saturated heterocycles. The maximum atomic E-state index is 5.63. The fraction of sp³-hybridized carbons (Fsp3) is 0.800. The molecular weight excluding hydrogens is 296 g/mol. The van der Waals surface area contributed by atoms with E-state index in [1.54, 1.807) is 14.2 Å². The van der Waals surface area contributed by atoms with Crippen molar-refractivity contribution in [3.05, 3.63) is 11.6 Å². The number of rotatable bonds is 5. The van der Waals surface area contributed by atoms with E-state index in [4.69, 9.17) is 9.47 Å². The molecular formula is C15H26N6O2. The third-order valence-electron chi connectivity index (χ3n) is 4.26. The normalized spacial score (nSPS) is 24.5. The van der Waals surface area contributed by atoms with E-state index in [9.17, 15) is 0 Å². The van der Waals surface area contributed by atoms with Gasteiger partial charge < -0.3 is 20.1 Å². The highest BCUT2D eigenvalue weighted by Gasteiger charge is 2.23. The molecule has 128 valence electrons. The number of ether oxygens (including phenoxy) is 2. The fourth-order valence-corrected chi connectivity index (χ4v) is 3.07. The Labute approximate surface area is 136 Å². The first-order valence-corrected chi connectivity index (χ1v) is 8.29. The zero-order chi connectivity index (χ0) is 16.1. The number of hydrogen-bond donors (Lipinski definition) is 2. The van der Waals surface area contributed by atoms with Crippen LogP contribution in [-0.2, 0) is 29.0 Å². The van der Waals surface area contributed by atoms with Crippen LogP contribution in [0.5, 0.6) is 0 Å². The monoisotopic (exact) mass is 322 g/mol. The number of aryl methyl sites for hydroxylation is 1. The Kier molecular flexibility index (Phi) is 5.45. The van der Waals surface area contributed by atoms with Gasteiger partial charge in [-0.25, -0.2) is 9.67 Å². The van der Waals surface area contributed by atoms with Gasteiger partial charge in [-0.05, 0) is 19.3 Å². The van der Waals surface area contributed by atoms with Gasteiger partial charge in [0.15, 0.2) is 11.8 Å². The zero-order valence-electron chi connectivity index (χ0n) is 13.9. The summed E-state index contributed by atoms with van der Waals surface area (Å²) in [4.78, 5) is 8.81. The summed E-state index contributed by atoms with van der Waals surface area (Å²) in [6.07, 6.45) is 4.51. The van der Waals surface area contributed by atoms with E-state index in [1.165, 1.54) is 0 Å². The minimum Gasteiger partial charge on any atom is -0.377 e. The smallest absolute Gasteiger partial charge is 0.191 e. The molecule has 2 N–H and O–H groups in total. The number of nitrogens with zero attached hydrogens (tertiary/aromatic N) is 4. The first-order valence-electron chi connectivity index (χ1n) is 8.29. The molecule has 8 nitrogen and oxygen atoms in total. The van der Waals surface area contributed by atoms with Gasteiger partial charge in [-0.15, -0.1) is 0 Å². The maximum absolute atomic E-state index is 5.63. The molecule has 0 bridgehead atoms. The molecule has 0 amide bonds. The van der Waals surface area contributed by atoms with Gasteiger partial charge in [-0.3, -0.25) is 4.99 Å². The number of methoxy groups -OCH3 is 1. The van der Waals surface area contributed by atoms with Crippen molar-refractivity contribution in [2.75, 3.05) is 27.3 Å².